The predicted molar refractivity (Wildman–Crippen MR) is 70.0 cm³/mol. The molecule has 0 amide bonds. The monoisotopic (exact) mass is 270 g/mol. The van der Waals surface area contributed by atoms with Crippen LogP contribution in [0.3, 0.4) is 0 Å². The van der Waals surface area contributed by atoms with Gasteiger partial charge in [-0.2, -0.15) is 0 Å². The summed E-state index contributed by atoms with van der Waals surface area (Å²) in [5.41, 5.74) is -0.0816. The molecule has 0 radical (unpaired) electrons. The highest BCUT2D eigenvalue weighted by Crippen LogP contribution is 2.25. The minimum absolute atomic E-state index is 0.0816. The van der Waals surface area contributed by atoms with Crippen LogP contribution in [0.25, 0.3) is 0 Å². The molecule has 0 bridgehead atoms. The molecule has 2 rings (SSSR count). The minimum atomic E-state index is -0.477. The smallest absolute Gasteiger partial charge is 0.312 e. The molecule has 1 fully saturated rings. The Morgan fingerprint density at radius 3 is 3.17 bits per heavy atom. The first-order valence-electron chi connectivity index (χ1n) is 5.94. The topological polar surface area (TPSA) is 80.1 Å². The molecule has 1 saturated heterocycles. The van der Waals surface area contributed by atoms with Crippen LogP contribution in [-0.2, 0) is 0 Å². The molecule has 7 heteroatoms. The molecule has 98 valence electrons. The third-order valence-electron chi connectivity index (χ3n) is 2.98. The fraction of sp³-hybridized carbons (Fsp3) is 0.545. The van der Waals surface area contributed by atoms with Crippen LogP contribution in [0.1, 0.15) is 19.3 Å². The molecular weight excluding hydrogens is 256 g/mol. The van der Waals surface area contributed by atoms with Crippen LogP contribution in [0.5, 0.6) is 0 Å². The lowest BCUT2D eigenvalue weighted by Gasteiger charge is -2.11. The fourth-order valence-corrected chi connectivity index (χ4v) is 2.22. The molecule has 1 aliphatic rings. The van der Waals surface area contributed by atoms with Gasteiger partial charge < -0.3 is 10.6 Å². The SMILES string of the molecule is O=[N+]([O-])c1cc(Cl)cnc1NCC[C@@H]1CCCN1. The molecule has 0 aliphatic carbocycles. The molecule has 0 aromatic carbocycles. The van der Waals surface area contributed by atoms with E-state index in [1.807, 2.05) is 0 Å². The summed E-state index contributed by atoms with van der Waals surface area (Å²) in [6, 6.07) is 1.81. The van der Waals surface area contributed by atoms with Crippen molar-refractivity contribution in [1.82, 2.24) is 10.3 Å². The zero-order chi connectivity index (χ0) is 13.0. The maximum atomic E-state index is 10.8. The summed E-state index contributed by atoms with van der Waals surface area (Å²) in [5, 5.41) is 17.5. The molecule has 18 heavy (non-hydrogen) atoms. The van der Waals surface area contributed by atoms with Crippen LogP contribution in [0.15, 0.2) is 12.3 Å². The van der Waals surface area contributed by atoms with Crippen molar-refractivity contribution < 1.29 is 4.92 Å². The number of rotatable bonds is 5. The summed E-state index contributed by atoms with van der Waals surface area (Å²) in [5.74, 6) is 0.280. The molecule has 0 unspecified atom stereocenters. The molecule has 0 saturated carbocycles. The van der Waals surface area contributed by atoms with Crippen molar-refractivity contribution >= 4 is 23.1 Å². The molecular formula is C11H15ClN4O2. The molecule has 6 nitrogen and oxygen atoms in total. The normalized spacial score (nSPS) is 18.8. The Bertz CT molecular complexity index is 435. The van der Waals surface area contributed by atoms with Crippen molar-refractivity contribution in [1.29, 1.82) is 0 Å². The number of nitrogens with zero attached hydrogens (tertiary/aromatic N) is 2. The molecule has 0 spiro atoms. The third-order valence-corrected chi connectivity index (χ3v) is 3.19. The van der Waals surface area contributed by atoms with E-state index < -0.39 is 4.92 Å². The van der Waals surface area contributed by atoms with Crippen molar-refractivity contribution in [2.45, 2.75) is 25.3 Å². The number of nitro groups is 1. The third kappa shape index (κ3) is 3.30. The Labute approximate surface area is 110 Å². The molecule has 2 heterocycles. The average Bonchev–Trinajstić information content (AvgIpc) is 2.84. The van der Waals surface area contributed by atoms with E-state index in [1.165, 1.54) is 18.7 Å². The van der Waals surface area contributed by atoms with Crippen LogP contribution in [0.4, 0.5) is 11.5 Å². The summed E-state index contributed by atoms with van der Waals surface area (Å²) >= 11 is 5.69. The second kappa shape index (κ2) is 5.97. The minimum Gasteiger partial charge on any atom is -0.364 e. The van der Waals surface area contributed by atoms with Crippen LogP contribution in [0.2, 0.25) is 5.02 Å². The first-order chi connectivity index (χ1) is 8.66. The second-order valence-corrected chi connectivity index (χ2v) is 4.72. The second-order valence-electron chi connectivity index (χ2n) is 4.29. The number of aromatic nitrogens is 1. The van der Waals surface area contributed by atoms with Crippen LogP contribution in [-0.4, -0.2) is 29.0 Å². The Balaban J connectivity index is 1.93. The van der Waals surface area contributed by atoms with E-state index >= 15 is 0 Å². The lowest BCUT2D eigenvalue weighted by atomic mass is 10.1. The van der Waals surface area contributed by atoms with E-state index in [0.29, 0.717) is 12.6 Å². The zero-order valence-electron chi connectivity index (χ0n) is 9.86. The van der Waals surface area contributed by atoms with Gasteiger partial charge in [-0.3, -0.25) is 10.1 Å². The van der Waals surface area contributed by atoms with Crippen molar-refractivity contribution in [2.75, 3.05) is 18.4 Å². The van der Waals surface area contributed by atoms with Gasteiger partial charge in [-0.25, -0.2) is 4.98 Å². The largest absolute Gasteiger partial charge is 0.364 e. The van der Waals surface area contributed by atoms with Gasteiger partial charge in [0.05, 0.1) is 9.95 Å². The summed E-state index contributed by atoms with van der Waals surface area (Å²) in [7, 11) is 0. The lowest BCUT2D eigenvalue weighted by molar-refractivity contribution is -0.384. The number of anilines is 1. The van der Waals surface area contributed by atoms with Gasteiger partial charge in [-0.15, -0.1) is 0 Å². The first kappa shape index (κ1) is 13.0. The Hall–Kier alpha value is -1.40. The van der Waals surface area contributed by atoms with Crippen molar-refractivity contribution in [3.63, 3.8) is 0 Å². The van der Waals surface area contributed by atoms with Gasteiger partial charge in [-0.05, 0) is 25.8 Å². The lowest BCUT2D eigenvalue weighted by Crippen LogP contribution is -2.24. The maximum absolute atomic E-state index is 10.8. The number of hydrogen-bond donors (Lipinski definition) is 2. The van der Waals surface area contributed by atoms with Crippen molar-refractivity contribution in [2.24, 2.45) is 0 Å². The van der Waals surface area contributed by atoms with Crippen LogP contribution >= 0.6 is 11.6 Å². The number of hydrogen-bond acceptors (Lipinski definition) is 5. The van der Waals surface area contributed by atoms with E-state index in [2.05, 4.69) is 15.6 Å². The van der Waals surface area contributed by atoms with Crippen LogP contribution in [0, 0.1) is 10.1 Å². The highest BCUT2D eigenvalue weighted by atomic mass is 35.5. The molecule has 1 aliphatic heterocycles. The summed E-state index contributed by atoms with van der Waals surface area (Å²) in [4.78, 5) is 14.3. The highest BCUT2D eigenvalue weighted by Gasteiger charge is 2.17. The standard InChI is InChI=1S/C11H15ClN4O2/c12-8-6-10(16(17)18)11(15-7-8)14-5-3-9-2-1-4-13-9/h6-7,9,13H,1-5H2,(H,14,15)/t9-/m0/s1. The van der Waals surface area contributed by atoms with Gasteiger partial charge in [0, 0.05) is 24.8 Å². The van der Waals surface area contributed by atoms with E-state index in [4.69, 9.17) is 11.6 Å². The molecule has 1 atom stereocenters. The molecule has 1 aromatic heterocycles. The van der Waals surface area contributed by atoms with Gasteiger partial charge in [0.1, 0.15) is 0 Å². The summed E-state index contributed by atoms with van der Waals surface area (Å²) in [6.07, 6.45) is 4.70. The summed E-state index contributed by atoms with van der Waals surface area (Å²) in [6.45, 7) is 1.72. The molecule has 1 aromatic rings. The van der Waals surface area contributed by atoms with E-state index in [1.54, 1.807) is 0 Å². The predicted octanol–water partition coefficient (Wildman–Crippen LogP) is 2.20. The maximum Gasteiger partial charge on any atom is 0.312 e. The number of nitrogens with one attached hydrogen (secondary N) is 2. The van der Waals surface area contributed by atoms with E-state index in [9.17, 15) is 10.1 Å². The Kier molecular flexibility index (Phi) is 4.33. The highest BCUT2D eigenvalue weighted by molar-refractivity contribution is 6.30. The Morgan fingerprint density at radius 1 is 1.67 bits per heavy atom. The van der Waals surface area contributed by atoms with Gasteiger partial charge in [-0.1, -0.05) is 11.6 Å². The van der Waals surface area contributed by atoms with Crippen molar-refractivity contribution in [3.8, 4) is 0 Å². The van der Waals surface area contributed by atoms with E-state index in [0.717, 1.165) is 19.4 Å². The van der Waals surface area contributed by atoms with Gasteiger partial charge >= 0.3 is 5.69 Å². The fourth-order valence-electron chi connectivity index (χ4n) is 2.07. The first-order valence-corrected chi connectivity index (χ1v) is 6.32. The van der Waals surface area contributed by atoms with Gasteiger partial charge in [0.15, 0.2) is 0 Å². The van der Waals surface area contributed by atoms with E-state index in [-0.39, 0.29) is 16.5 Å². The number of halogens is 1. The van der Waals surface area contributed by atoms with Crippen LogP contribution < -0.4 is 10.6 Å². The van der Waals surface area contributed by atoms with Crippen molar-refractivity contribution in [3.05, 3.63) is 27.4 Å². The summed E-state index contributed by atoms with van der Waals surface area (Å²) < 4.78 is 0. The molecule has 2 N–H and O–H groups in total. The zero-order valence-corrected chi connectivity index (χ0v) is 10.6. The number of pyridine rings is 1. The Morgan fingerprint density at radius 2 is 2.50 bits per heavy atom. The van der Waals surface area contributed by atoms with Gasteiger partial charge in [0.2, 0.25) is 5.82 Å². The van der Waals surface area contributed by atoms with Gasteiger partial charge in [0.25, 0.3) is 0 Å². The quantitative estimate of drug-likeness (QED) is 0.633. The average molecular weight is 271 g/mol.